The average Bonchev–Trinajstić information content (AvgIpc) is 2.37. The zero-order chi connectivity index (χ0) is 14.6. The number of methoxy groups -OCH3 is 1. The highest BCUT2D eigenvalue weighted by Crippen LogP contribution is 2.27. The Morgan fingerprint density at radius 1 is 1.37 bits per heavy atom. The summed E-state index contributed by atoms with van der Waals surface area (Å²) < 4.78 is 4.36. The Bertz CT molecular complexity index is 487. The molecule has 2 atom stereocenters. The second kappa shape index (κ2) is 6.17. The number of nitrogen functional groups attached to an aromatic ring is 1. The first kappa shape index (κ1) is 14.9. The molecule has 0 heterocycles. The molecule has 1 aromatic carbocycles. The largest absolute Gasteiger partial charge is 0.478 e. The van der Waals surface area contributed by atoms with E-state index >= 15 is 0 Å². The third kappa shape index (κ3) is 3.43. The summed E-state index contributed by atoms with van der Waals surface area (Å²) in [6.07, 6.45) is -3.33. The molecule has 0 aliphatic rings. The molecule has 0 aromatic heterocycles. The van der Waals surface area contributed by atoms with Crippen molar-refractivity contribution in [3.8, 4) is 0 Å². The Morgan fingerprint density at radius 3 is 2.53 bits per heavy atom. The Hall–Kier alpha value is -2.12. The number of aliphatic hydroxyl groups is 2. The van der Waals surface area contributed by atoms with Crippen LogP contribution in [0.25, 0.3) is 0 Å². The highest BCUT2D eigenvalue weighted by atomic mass is 16.5. The highest BCUT2D eigenvalue weighted by Gasteiger charge is 2.25. The first-order valence-corrected chi connectivity index (χ1v) is 5.43. The van der Waals surface area contributed by atoms with Gasteiger partial charge in [0.25, 0.3) is 0 Å². The third-order valence-electron chi connectivity index (χ3n) is 2.66. The van der Waals surface area contributed by atoms with E-state index in [1.165, 1.54) is 18.2 Å². The first-order valence-electron chi connectivity index (χ1n) is 5.43. The van der Waals surface area contributed by atoms with Gasteiger partial charge in [-0.25, -0.2) is 4.79 Å². The topological polar surface area (TPSA) is 130 Å². The van der Waals surface area contributed by atoms with Gasteiger partial charge in [-0.15, -0.1) is 0 Å². The summed E-state index contributed by atoms with van der Waals surface area (Å²) in [4.78, 5) is 21.9. The van der Waals surface area contributed by atoms with Crippen LogP contribution in [0.5, 0.6) is 0 Å². The molecular weight excluding hydrogens is 254 g/mol. The van der Waals surface area contributed by atoms with Crippen molar-refractivity contribution in [2.24, 2.45) is 0 Å². The number of carboxylic acid groups (broad SMARTS) is 1. The lowest BCUT2D eigenvalue weighted by Crippen LogP contribution is -2.24. The van der Waals surface area contributed by atoms with Crippen LogP contribution in [0.1, 0.15) is 28.4 Å². The quantitative estimate of drug-likeness (QED) is 0.434. The van der Waals surface area contributed by atoms with Crippen LogP contribution in [-0.2, 0) is 9.53 Å². The second-order valence-corrected chi connectivity index (χ2v) is 3.91. The lowest BCUT2D eigenvalue weighted by molar-refractivity contribution is -0.144. The summed E-state index contributed by atoms with van der Waals surface area (Å²) in [5, 5.41) is 28.5. The highest BCUT2D eigenvalue weighted by molar-refractivity contribution is 5.94. The molecule has 104 valence electrons. The molecule has 0 saturated carbocycles. The van der Waals surface area contributed by atoms with Crippen LogP contribution in [0, 0.1) is 0 Å². The minimum Gasteiger partial charge on any atom is -0.478 e. The number of para-hydroxylation sites is 1. The molecule has 1 aromatic rings. The van der Waals surface area contributed by atoms with Gasteiger partial charge in [0.2, 0.25) is 0 Å². The zero-order valence-electron chi connectivity index (χ0n) is 10.2. The maximum Gasteiger partial charge on any atom is 0.337 e. The van der Waals surface area contributed by atoms with Gasteiger partial charge in [0.05, 0.1) is 30.9 Å². The zero-order valence-corrected chi connectivity index (χ0v) is 10.2. The van der Waals surface area contributed by atoms with Gasteiger partial charge in [0.1, 0.15) is 6.10 Å². The normalized spacial score (nSPS) is 13.6. The van der Waals surface area contributed by atoms with Crippen LogP contribution in [0.4, 0.5) is 5.69 Å². The minimum atomic E-state index is -1.47. The van der Waals surface area contributed by atoms with Gasteiger partial charge < -0.3 is 25.8 Å². The number of ether oxygens (including phenoxy) is 1. The van der Waals surface area contributed by atoms with Gasteiger partial charge in [0, 0.05) is 5.56 Å². The van der Waals surface area contributed by atoms with Crippen molar-refractivity contribution in [1.29, 1.82) is 0 Å². The molecule has 0 spiro atoms. The maximum atomic E-state index is 11.0. The summed E-state index contributed by atoms with van der Waals surface area (Å²) in [5.74, 6) is -1.94. The summed E-state index contributed by atoms with van der Waals surface area (Å²) in [7, 11) is 1.15. The fourth-order valence-electron chi connectivity index (χ4n) is 1.60. The van der Waals surface area contributed by atoms with Crippen molar-refractivity contribution in [2.75, 3.05) is 12.8 Å². The molecule has 0 fully saturated rings. The minimum absolute atomic E-state index is 0.0521. The van der Waals surface area contributed by atoms with E-state index in [1.807, 2.05) is 0 Å². The van der Waals surface area contributed by atoms with Gasteiger partial charge in [-0.2, -0.15) is 0 Å². The number of anilines is 1. The number of carboxylic acids is 1. The molecule has 0 bridgehead atoms. The SMILES string of the molecule is COC(=O)CC(O)C(O)c1cccc(C(=O)O)c1N. The monoisotopic (exact) mass is 269 g/mol. The molecule has 7 nitrogen and oxygen atoms in total. The number of carbonyl (C=O) groups is 2. The van der Waals surface area contributed by atoms with Crippen molar-refractivity contribution < 1.29 is 29.6 Å². The molecule has 2 unspecified atom stereocenters. The summed E-state index contributed by atoms with van der Waals surface area (Å²) >= 11 is 0. The van der Waals surface area contributed by atoms with Crippen LogP contribution < -0.4 is 5.73 Å². The molecule has 1 rings (SSSR count). The van der Waals surface area contributed by atoms with E-state index in [0.29, 0.717) is 0 Å². The first-order chi connectivity index (χ1) is 8.88. The van der Waals surface area contributed by atoms with Crippen molar-refractivity contribution in [2.45, 2.75) is 18.6 Å². The Labute approximate surface area is 109 Å². The molecule has 0 amide bonds. The number of nitrogens with two attached hydrogens (primary N) is 1. The fraction of sp³-hybridized carbons (Fsp3) is 0.333. The number of rotatable bonds is 5. The van der Waals surface area contributed by atoms with Crippen molar-refractivity contribution >= 4 is 17.6 Å². The Balaban J connectivity index is 2.99. The maximum absolute atomic E-state index is 11.0. The lowest BCUT2D eigenvalue weighted by atomic mass is 9.98. The van der Waals surface area contributed by atoms with Crippen LogP contribution in [0.2, 0.25) is 0 Å². The van der Waals surface area contributed by atoms with E-state index in [9.17, 15) is 19.8 Å². The van der Waals surface area contributed by atoms with Crippen molar-refractivity contribution in [3.05, 3.63) is 29.3 Å². The van der Waals surface area contributed by atoms with Gasteiger partial charge in [-0.3, -0.25) is 4.79 Å². The number of hydrogen-bond donors (Lipinski definition) is 4. The molecule has 0 radical (unpaired) electrons. The van der Waals surface area contributed by atoms with Gasteiger partial charge >= 0.3 is 11.9 Å². The average molecular weight is 269 g/mol. The predicted octanol–water partition coefficient (Wildman–Crippen LogP) is -0.0756. The summed E-state index contributed by atoms with van der Waals surface area (Å²) in [5.41, 5.74) is 5.34. The van der Waals surface area contributed by atoms with E-state index < -0.39 is 30.6 Å². The lowest BCUT2D eigenvalue weighted by Gasteiger charge is -2.19. The standard InChI is InChI=1S/C12H15NO6/c1-19-9(15)5-8(14)11(16)6-3-2-4-7(10(6)13)12(17)18/h2-4,8,11,14,16H,5,13H2,1H3,(H,17,18). The van der Waals surface area contributed by atoms with Crippen LogP contribution in [0.3, 0.4) is 0 Å². The van der Waals surface area contributed by atoms with Crippen LogP contribution in [-0.4, -0.2) is 40.5 Å². The van der Waals surface area contributed by atoms with Gasteiger partial charge in [0.15, 0.2) is 0 Å². The summed E-state index contributed by atoms with van der Waals surface area (Å²) in [6.45, 7) is 0. The summed E-state index contributed by atoms with van der Waals surface area (Å²) in [6, 6.07) is 4.05. The number of esters is 1. The van der Waals surface area contributed by atoms with Crippen molar-refractivity contribution in [1.82, 2.24) is 0 Å². The van der Waals surface area contributed by atoms with E-state index in [1.54, 1.807) is 0 Å². The van der Waals surface area contributed by atoms with Gasteiger partial charge in [-0.05, 0) is 6.07 Å². The Kier molecular flexibility index (Phi) is 4.85. The number of carbonyl (C=O) groups excluding carboxylic acids is 1. The molecule has 0 saturated heterocycles. The molecule has 19 heavy (non-hydrogen) atoms. The number of benzene rings is 1. The number of aliphatic hydroxyl groups excluding tert-OH is 2. The number of hydrogen-bond acceptors (Lipinski definition) is 6. The second-order valence-electron chi connectivity index (χ2n) is 3.91. The fourth-order valence-corrected chi connectivity index (χ4v) is 1.60. The van der Waals surface area contributed by atoms with E-state index in [4.69, 9.17) is 10.8 Å². The molecular formula is C12H15NO6. The smallest absolute Gasteiger partial charge is 0.337 e. The molecule has 0 aliphatic carbocycles. The Morgan fingerprint density at radius 2 is 2.00 bits per heavy atom. The van der Waals surface area contributed by atoms with Crippen LogP contribution in [0.15, 0.2) is 18.2 Å². The van der Waals surface area contributed by atoms with E-state index in [-0.39, 0.29) is 16.8 Å². The van der Waals surface area contributed by atoms with Crippen LogP contribution >= 0.6 is 0 Å². The van der Waals surface area contributed by atoms with Gasteiger partial charge in [-0.1, -0.05) is 12.1 Å². The number of aromatic carboxylic acids is 1. The van der Waals surface area contributed by atoms with Crippen molar-refractivity contribution in [3.63, 3.8) is 0 Å². The third-order valence-corrected chi connectivity index (χ3v) is 2.66. The van der Waals surface area contributed by atoms with E-state index in [2.05, 4.69) is 4.74 Å². The molecule has 5 N–H and O–H groups in total. The molecule has 0 aliphatic heterocycles. The molecule has 7 heteroatoms. The van der Waals surface area contributed by atoms with E-state index in [0.717, 1.165) is 7.11 Å². The predicted molar refractivity (Wildman–Crippen MR) is 65.4 cm³/mol.